The van der Waals surface area contributed by atoms with Crippen molar-refractivity contribution in [1.82, 2.24) is 23.1 Å². The van der Waals surface area contributed by atoms with Gasteiger partial charge in [-0.2, -0.15) is 5.26 Å². The first kappa shape index (κ1) is 43.9. The quantitative estimate of drug-likeness (QED) is 0.160. The Morgan fingerprint density at radius 2 is 1.12 bits per heavy atom. The molecule has 0 aliphatic heterocycles. The second-order valence-corrected chi connectivity index (χ2v) is 21.4. The number of hydrogen-bond donors (Lipinski definition) is 0. The van der Waals surface area contributed by atoms with Crippen molar-refractivity contribution in [2.75, 3.05) is 0 Å². The first-order valence-electron chi connectivity index (χ1n) is 24.9. The van der Waals surface area contributed by atoms with Crippen molar-refractivity contribution < 1.29 is 24.1 Å². The number of para-hydroxylation sites is 4. The van der Waals surface area contributed by atoms with Gasteiger partial charge >= 0.3 is 320 Å². The second-order valence-electron chi connectivity index (χ2n) is 20.4. The number of nitriles is 1. The summed E-state index contributed by atoms with van der Waals surface area (Å²) >= 11 is 2.53. The molecule has 0 unspecified atom stereocenters. The number of imidazole rings is 1. The minimum Gasteiger partial charge on any atom is 0.0621 e. The molecule has 0 saturated carbocycles. The Morgan fingerprint density at radius 3 is 1.81 bits per heavy atom. The molecule has 74 heavy (non-hydrogen) atoms. The van der Waals surface area contributed by atoms with Gasteiger partial charge in [-0.15, -0.1) is 0 Å². The zero-order chi connectivity index (χ0) is 50.0. The molecule has 0 bridgehead atoms. The van der Waals surface area contributed by atoms with E-state index in [2.05, 4.69) is 253 Å². The van der Waals surface area contributed by atoms with Crippen molar-refractivity contribution in [3.63, 3.8) is 0 Å². The predicted octanol–water partition coefficient (Wildman–Crippen LogP) is 16.7. The minimum absolute atomic E-state index is 0.198. The molecular formula is C66H46N6OPt. The third kappa shape index (κ3) is 6.75. The first-order valence-corrected chi connectivity index (χ1v) is 26.0. The number of rotatable bonds is 7. The van der Waals surface area contributed by atoms with Gasteiger partial charge in [0.05, 0.1) is 28.2 Å². The van der Waals surface area contributed by atoms with Crippen molar-refractivity contribution in [3.8, 4) is 57.0 Å². The molecule has 5 heterocycles. The third-order valence-corrected chi connectivity index (χ3v) is 15.8. The predicted molar refractivity (Wildman–Crippen MR) is 298 cm³/mol. The van der Waals surface area contributed by atoms with E-state index in [-0.39, 0.29) is 5.41 Å². The smallest absolute Gasteiger partial charge is 0.0621 e. The third-order valence-electron chi connectivity index (χ3n) is 14.8. The zero-order valence-electron chi connectivity index (χ0n) is 41.0. The van der Waals surface area contributed by atoms with E-state index in [1.54, 1.807) is 0 Å². The molecule has 0 N–H and O–H groups in total. The standard InChI is InChI=1S/C66H46N6O.Pt/c1-41-28-29-68-63(30-41)71-60-36-47(26-27-52(60)53-37-54-56-32-42(39-67)31-55-51-20-11-12-23-57(51)72(65(55)56)62(54)38-61(53)71)73-48-34-45(66(2,3)4)33-46(35-48)69-40-70(59-25-14-13-24-58(59)69)64-49(43-16-7-5-8-17-43)21-15-22-50(64)44-18-9-6-10-19-44;/h5-38H,1-4H3;. The number of aromatic nitrogens is 5. The molecule has 0 spiro atoms. The molecule has 0 atom stereocenters. The Hall–Kier alpha value is -8.82. The molecule has 0 amide bonds. The molecule has 8 heteroatoms. The Bertz CT molecular complexity index is 4660. The van der Waals surface area contributed by atoms with Gasteiger partial charge in [-0.05, 0) is 36.8 Å². The fraction of sp³-hybridized carbons (Fsp3) is 0.0758. The molecular weight excluding hydrogens is 1090 g/mol. The number of nitrogens with zero attached hydrogens (tertiary/aromatic N) is 6. The number of ether oxygens (including phenoxy) is 1. The summed E-state index contributed by atoms with van der Waals surface area (Å²) < 4.78 is 17.6. The molecule has 0 radical (unpaired) electrons. The molecule has 14 aromatic rings. The van der Waals surface area contributed by atoms with Gasteiger partial charge in [0.15, 0.2) is 0 Å². The molecule has 0 saturated heterocycles. The van der Waals surface area contributed by atoms with E-state index in [0.29, 0.717) is 11.3 Å². The molecule has 9 aromatic carbocycles. The van der Waals surface area contributed by atoms with Gasteiger partial charge in [-0.3, -0.25) is 0 Å². The fourth-order valence-corrected chi connectivity index (χ4v) is 12.5. The van der Waals surface area contributed by atoms with E-state index in [4.69, 9.17) is 9.72 Å². The van der Waals surface area contributed by atoms with E-state index in [1.165, 1.54) is 0 Å². The molecule has 0 aliphatic carbocycles. The van der Waals surface area contributed by atoms with Crippen LogP contribution in [0.3, 0.4) is 0 Å². The van der Waals surface area contributed by atoms with Crippen LogP contribution in [0.4, 0.5) is 0 Å². The maximum atomic E-state index is 10.2. The summed E-state index contributed by atoms with van der Waals surface area (Å²) in [6.45, 7) is 8.89. The van der Waals surface area contributed by atoms with Crippen LogP contribution in [0.25, 0.3) is 110 Å². The Balaban J connectivity index is 0.967. The number of aryl methyl sites for hydroxylation is 1. The average molecular weight is 1130 g/mol. The van der Waals surface area contributed by atoms with Crippen molar-refractivity contribution in [2.45, 2.75) is 33.1 Å². The Labute approximate surface area is 437 Å². The molecule has 356 valence electrons. The molecule has 7 nitrogen and oxygen atoms in total. The summed E-state index contributed by atoms with van der Waals surface area (Å²) in [4.78, 5) is 4.99. The average Bonchev–Trinajstić information content (AvgIpc) is 4.15. The summed E-state index contributed by atoms with van der Waals surface area (Å²) in [7, 11) is 0. The fourth-order valence-electron chi connectivity index (χ4n) is 11.4. The van der Waals surface area contributed by atoms with Crippen molar-refractivity contribution in [3.05, 3.63) is 227 Å². The van der Waals surface area contributed by atoms with Crippen molar-refractivity contribution in [1.29, 1.82) is 5.26 Å². The second kappa shape index (κ2) is 16.6. The van der Waals surface area contributed by atoms with Gasteiger partial charge in [-0.25, -0.2) is 0 Å². The SMILES string of the molecule is Cc1ccnc(-n2c3cc(Oc4cc(-n5[c](=[Pt])n(-c6c(-c7ccccc7)cccc6-c6ccccc6)c6ccccc65)cc(C(C)(C)C)c4)ccc3c3cc4c5cc(C#N)cc6c7ccccc7n(c4cc32)c65)c1. The first-order chi connectivity index (χ1) is 36.1. The molecule has 14 rings (SSSR count). The Kier molecular flexibility index (Phi) is 9.86. The zero-order valence-corrected chi connectivity index (χ0v) is 43.3. The van der Waals surface area contributed by atoms with E-state index >= 15 is 0 Å². The molecule has 5 aromatic heterocycles. The number of hydrogen-bond acceptors (Lipinski definition) is 3. The van der Waals surface area contributed by atoms with Gasteiger partial charge in [0, 0.05) is 27.7 Å². The van der Waals surface area contributed by atoms with Crippen molar-refractivity contribution >= 4 is 70.9 Å². The van der Waals surface area contributed by atoms with Crippen LogP contribution in [-0.2, 0) is 24.8 Å². The van der Waals surface area contributed by atoms with Crippen LogP contribution in [0.1, 0.15) is 37.5 Å². The van der Waals surface area contributed by atoms with Crippen LogP contribution in [0.5, 0.6) is 11.5 Å². The van der Waals surface area contributed by atoms with Crippen LogP contribution in [0.15, 0.2) is 206 Å². The number of benzene rings is 9. The monoisotopic (exact) mass is 1130 g/mol. The Morgan fingerprint density at radius 1 is 0.500 bits per heavy atom. The summed E-state index contributed by atoms with van der Waals surface area (Å²) in [6.07, 6.45) is 1.89. The summed E-state index contributed by atoms with van der Waals surface area (Å²) in [6, 6.07) is 73.7. The van der Waals surface area contributed by atoms with E-state index in [1.807, 2.05) is 24.4 Å². The topological polar surface area (TPSA) is 65.1 Å². The van der Waals surface area contributed by atoms with Crippen molar-refractivity contribution in [2.24, 2.45) is 0 Å². The summed E-state index contributed by atoms with van der Waals surface area (Å²) in [5.74, 6) is 2.29. The van der Waals surface area contributed by atoms with Gasteiger partial charge in [0.25, 0.3) is 0 Å². The molecule has 0 fully saturated rings. The van der Waals surface area contributed by atoms with E-state index in [0.717, 1.165) is 131 Å². The summed E-state index contributed by atoms with van der Waals surface area (Å²) in [5, 5.41) is 16.8. The van der Waals surface area contributed by atoms with Crippen LogP contribution in [0, 0.1) is 22.1 Å². The van der Waals surface area contributed by atoms with E-state index < -0.39 is 0 Å². The van der Waals surface area contributed by atoms with Gasteiger partial charge in [0.1, 0.15) is 0 Å². The van der Waals surface area contributed by atoms with Gasteiger partial charge in [-0.1, -0.05) is 18.2 Å². The molecule has 0 aliphatic rings. The number of pyridine rings is 1. The van der Waals surface area contributed by atoms with Crippen LogP contribution in [0.2, 0.25) is 0 Å². The van der Waals surface area contributed by atoms with E-state index in [9.17, 15) is 5.26 Å². The maximum absolute atomic E-state index is 10.2. The van der Waals surface area contributed by atoms with Gasteiger partial charge in [0.2, 0.25) is 0 Å². The minimum atomic E-state index is -0.198. The number of fused-ring (bicyclic) bond motifs is 10. The van der Waals surface area contributed by atoms with Crippen LogP contribution >= 0.6 is 0 Å². The van der Waals surface area contributed by atoms with Crippen LogP contribution < -0.4 is 4.74 Å². The van der Waals surface area contributed by atoms with Gasteiger partial charge < -0.3 is 4.40 Å². The summed E-state index contributed by atoms with van der Waals surface area (Å²) in [5.41, 5.74) is 17.0. The normalized spacial score (nSPS) is 12.1. The van der Waals surface area contributed by atoms with Crippen LogP contribution in [-0.4, -0.2) is 23.1 Å².